The first kappa shape index (κ1) is 11.0. The van der Waals surface area contributed by atoms with E-state index in [-0.39, 0.29) is 11.4 Å². The fraction of sp³-hybridized carbons (Fsp3) is 0. The van der Waals surface area contributed by atoms with Gasteiger partial charge in [0.2, 0.25) is 0 Å². The van der Waals surface area contributed by atoms with Gasteiger partial charge in [-0.3, -0.25) is 9.79 Å². The van der Waals surface area contributed by atoms with Crippen molar-refractivity contribution in [3.05, 3.63) is 37.6 Å². The van der Waals surface area contributed by atoms with Crippen molar-refractivity contribution in [1.29, 1.82) is 0 Å². The molecule has 0 aliphatic rings. The van der Waals surface area contributed by atoms with E-state index in [4.69, 9.17) is 5.21 Å². The molecule has 4 nitrogen and oxygen atoms in total. The Morgan fingerprint density at radius 3 is 2.38 bits per heavy atom. The second kappa shape index (κ2) is 6.72. The van der Waals surface area contributed by atoms with Crippen LogP contribution in [0.1, 0.15) is 0 Å². The fourth-order valence-corrected chi connectivity index (χ4v) is 0.543. The van der Waals surface area contributed by atoms with Crippen LogP contribution in [0, 0.1) is 0 Å². The molecule has 0 aromatic heterocycles. The zero-order chi connectivity index (χ0) is 10.1. The van der Waals surface area contributed by atoms with Crippen LogP contribution in [-0.4, -0.2) is 22.9 Å². The first-order chi connectivity index (χ1) is 6.29. The molecule has 0 aliphatic carbocycles. The summed E-state index contributed by atoms with van der Waals surface area (Å²) in [5, 5.41) is 11.1. The van der Waals surface area contributed by atoms with Crippen LogP contribution < -0.4 is 0 Å². The monoisotopic (exact) mass is 178 g/mol. The minimum atomic E-state index is -0.163. The second-order valence-electron chi connectivity index (χ2n) is 1.90. The molecule has 68 valence electrons. The molecule has 0 aromatic carbocycles. The SMILES string of the molecule is C=C\C=C/N=C(C=C)\C(C=O)=N\O. The molecule has 0 aromatic rings. The highest BCUT2D eigenvalue weighted by Gasteiger charge is 2.02. The van der Waals surface area contributed by atoms with Gasteiger partial charge in [-0.25, -0.2) is 0 Å². The number of hydrogen-bond donors (Lipinski definition) is 1. The van der Waals surface area contributed by atoms with Crippen LogP contribution in [-0.2, 0) is 4.79 Å². The molecule has 0 saturated heterocycles. The maximum absolute atomic E-state index is 10.3. The topological polar surface area (TPSA) is 62.0 Å². The number of oxime groups is 1. The van der Waals surface area contributed by atoms with Crippen LogP contribution in [0.2, 0.25) is 0 Å². The van der Waals surface area contributed by atoms with Gasteiger partial charge in [0.1, 0.15) is 0 Å². The first-order valence-corrected chi connectivity index (χ1v) is 3.45. The summed E-state index contributed by atoms with van der Waals surface area (Å²) in [6.45, 7) is 6.85. The zero-order valence-electron chi connectivity index (χ0n) is 7.05. The van der Waals surface area contributed by atoms with Crippen molar-refractivity contribution >= 4 is 17.7 Å². The molecular formula is C9H10N2O2. The lowest BCUT2D eigenvalue weighted by Crippen LogP contribution is -2.12. The largest absolute Gasteiger partial charge is 0.410 e. The summed E-state index contributed by atoms with van der Waals surface area (Å²) in [5.74, 6) is 0. The Balaban J connectivity index is 4.77. The van der Waals surface area contributed by atoms with Crippen LogP contribution in [0.5, 0.6) is 0 Å². The summed E-state index contributed by atoms with van der Waals surface area (Å²) in [5.41, 5.74) is 0.0410. The number of allylic oxidation sites excluding steroid dienone is 3. The quantitative estimate of drug-likeness (QED) is 0.227. The van der Waals surface area contributed by atoms with Gasteiger partial charge < -0.3 is 5.21 Å². The lowest BCUT2D eigenvalue weighted by molar-refractivity contribution is -0.102. The van der Waals surface area contributed by atoms with E-state index in [0.29, 0.717) is 6.29 Å². The van der Waals surface area contributed by atoms with Crippen molar-refractivity contribution < 1.29 is 10.0 Å². The molecule has 0 rings (SSSR count). The maximum Gasteiger partial charge on any atom is 0.174 e. The van der Waals surface area contributed by atoms with Crippen LogP contribution in [0.4, 0.5) is 0 Å². The Bertz CT molecular complexity index is 288. The highest BCUT2D eigenvalue weighted by atomic mass is 16.4. The molecule has 0 unspecified atom stereocenters. The molecule has 1 N–H and O–H groups in total. The summed E-state index contributed by atoms with van der Waals surface area (Å²) in [6.07, 6.45) is 6.22. The van der Waals surface area contributed by atoms with Gasteiger partial charge in [0.15, 0.2) is 12.0 Å². The van der Waals surface area contributed by atoms with Crippen LogP contribution >= 0.6 is 0 Å². The Hall–Kier alpha value is -1.97. The van der Waals surface area contributed by atoms with Crippen molar-refractivity contribution in [2.24, 2.45) is 10.1 Å². The first-order valence-electron chi connectivity index (χ1n) is 3.45. The van der Waals surface area contributed by atoms with Gasteiger partial charge in [-0.15, -0.1) is 0 Å². The second-order valence-corrected chi connectivity index (χ2v) is 1.90. The number of nitrogens with zero attached hydrogens (tertiary/aromatic N) is 2. The van der Waals surface area contributed by atoms with Gasteiger partial charge in [-0.1, -0.05) is 24.4 Å². The molecule has 0 fully saturated rings. The van der Waals surface area contributed by atoms with Crippen LogP contribution in [0.3, 0.4) is 0 Å². The van der Waals surface area contributed by atoms with E-state index in [2.05, 4.69) is 23.3 Å². The van der Waals surface area contributed by atoms with Crippen molar-refractivity contribution in [1.82, 2.24) is 0 Å². The summed E-state index contributed by atoms with van der Waals surface area (Å²) < 4.78 is 0. The van der Waals surface area contributed by atoms with Crippen molar-refractivity contribution in [2.75, 3.05) is 0 Å². The molecular weight excluding hydrogens is 168 g/mol. The number of carbonyl (C=O) groups is 1. The number of aliphatic imine (C=N–C) groups is 1. The number of hydrogen-bond acceptors (Lipinski definition) is 4. The van der Waals surface area contributed by atoms with E-state index in [1.54, 1.807) is 6.08 Å². The lowest BCUT2D eigenvalue weighted by atomic mass is 10.2. The third-order valence-electron chi connectivity index (χ3n) is 1.11. The Morgan fingerprint density at radius 1 is 1.31 bits per heavy atom. The van der Waals surface area contributed by atoms with Crippen molar-refractivity contribution in [3.63, 3.8) is 0 Å². The van der Waals surface area contributed by atoms with E-state index in [9.17, 15) is 4.79 Å². The molecule has 4 heteroatoms. The number of rotatable bonds is 5. The molecule has 0 bridgehead atoms. The average Bonchev–Trinajstić information content (AvgIpc) is 2.17. The molecule has 0 spiro atoms. The third-order valence-corrected chi connectivity index (χ3v) is 1.11. The molecule has 0 amide bonds. The van der Waals surface area contributed by atoms with Gasteiger partial charge in [0.25, 0.3) is 0 Å². The minimum absolute atomic E-state index is 0.163. The van der Waals surface area contributed by atoms with E-state index >= 15 is 0 Å². The number of carbonyl (C=O) groups excluding carboxylic acids is 1. The van der Waals surface area contributed by atoms with E-state index < -0.39 is 0 Å². The summed E-state index contributed by atoms with van der Waals surface area (Å²) >= 11 is 0. The molecule has 0 aliphatic heterocycles. The predicted molar refractivity (Wildman–Crippen MR) is 52.3 cm³/mol. The Labute approximate surface area is 76.3 Å². The van der Waals surface area contributed by atoms with Crippen LogP contribution in [0.25, 0.3) is 0 Å². The Kier molecular flexibility index (Phi) is 5.70. The third kappa shape index (κ3) is 3.81. The average molecular weight is 178 g/mol. The lowest BCUT2D eigenvalue weighted by Gasteiger charge is -1.92. The summed E-state index contributed by atoms with van der Waals surface area (Å²) in [7, 11) is 0. The molecule has 13 heavy (non-hydrogen) atoms. The fourth-order valence-electron chi connectivity index (χ4n) is 0.543. The summed E-state index contributed by atoms with van der Waals surface area (Å²) in [4.78, 5) is 14.1. The highest BCUT2D eigenvalue weighted by Crippen LogP contribution is 1.87. The van der Waals surface area contributed by atoms with Gasteiger partial charge in [0, 0.05) is 6.20 Å². The van der Waals surface area contributed by atoms with Crippen molar-refractivity contribution in [3.8, 4) is 0 Å². The zero-order valence-corrected chi connectivity index (χ0v) is 7.05. The van der Waals surface area contributed by atoms with E-state index in [1.807, 2.05) is 0 Å². The minimum Gasteiger partial charge on any atom is -0.410 e. The van der Waals surface area contributed by atoms with Crippen LogP contribution in [0.15, 0.2) is 47.7 Å². The maximum atomic E-state index is 10.3. The molecule has 0 atom stereocenters. The molecule has 0 radical (unpaired) electrons. The highest BCUT2D eigenvalue weighted by molar-refractivity contribution is 6.64. The molecule has 0 heterocycles. The number of aldehydes is 1. The van der Waals surface area contributed by atoms with E-state index in [1.165, 1.54) is 18.4 Å². The smallest absolute Gasteiger partial charge is 0.174 e. The summed E-state index contributed by atoms with van der Waals surface area (Å²) in [6, 6.07) is 0. The van der Waals surface area contributed by atoms with Gasteiger partial charge in [-0.05, 0) is 12.2 Å². The van der Waals surface area contributed by atoms with Crippen molar-refractivity contribution in [2.45, 2.75) is 0 Å². The van der Waals surface area contributed by atoms with Gasteiger partial charge >= 0.3 is 0 Å². The normalized spacial score (nSPS) is 12.9. The Morgan fingerprint density at radius 2 is 2.00 bits per heavy atom. The van der Waals surface area contributed by atoms with Gasteiger partial charge in [-0.2, -0.15) is 0 Å². The van der Waals surface area contributed by atoms with Gasteiger partial charge in [0.05, 0.1) is 5.71 Å². The predicted octanol–water partition coefficient (Wildman–Crippen LogP) is 1.34. The molecule has 0 saturated carbocycles. The standard InChI is InChI=1S/C9H10N2O2/c1-3-5-6-10-8(4-2)9(7-12)11-13/h3-7,13H,1-2H2/b6-5-,10-8-,11-9+. The van der Waals surface area contributed by atoms with E-state index in [0.717, 1.165) is 0 Å².